The molecule has 0 saturated heterocycles. The van der Waals surface area contributed by atoms with Crippen LogP contribution in [0.1, 0.15) is 19.3 Å². The highest BCUT2D eigenvalue weighted by molar-refractivity contribution is 9.09. The van der Waals surface area contributed by atoms with Gasteiger partial charge in [-0.25, -0.2) is 0 Å². The van der Waals surface area contributed by atoms with E-state index in [0.717, 1.165) is 0 Å². The van der Waals surface area contributed by atoms with Gasteiger partial charge in [0, 0.05) is 4.83 Å². The smallest absolute Gasteiger partial charge is 0.0967 e. The maximum absolute atomic E-state index is 5.51. The van der Waals surface area contributed by atoms with E-state index in [9.17, 15) is 0 Å². The molecule has 0 bridgehead atoms. The minimum absolute atomic E-state index is 0.437. The Morgan fingerprint density at radius 3 is 2.90 bits per heavy atom. The van der Waals surface area contributed by atoms with Crippen molar-refractivity contribution in [3.05, 3.63) is 0 Å². The summed E-state index contributed by atoms with van der Waals surface area (Å²) >= 11 is 3.58. The van der Waals surface area contributed by atoms with Crippen LogP contribution in [0.4, 0.5) is 0 Å². The van der Waals surface area contributed by atoms with E-state index in [2.05, 4.69) is 21.2 Å². The fourth-order valence-corrected chi connectivity index (χ4v) is 2.00. The predicted molar refractivity (Wildman–Crippen MR) is 45.4 cm³/mol. The average Bonchev–Trinajstić information content (AvgIpc) is 2.31. The van der Waals surface area contributed by atoms with Crippen molar-refractivity contribution in [1.82, 2.24) is 5.32 Å². The van der Waals surface area contributed by atoms with E-state index >= 15 is 0 Å². The maximum atomic E-state index is 5.51. The first-order valence-electron chi connectivity index (χ1n) is 3.75. The summed E-state index contributed by atoms with van der Waals surface area (Å²) in [6.45, 7) is 0.673. The van der Waals surface area contributed by atoms with E-state index in [4.69, 9.17) is 4.74 Å². The standard InChI is InChI=1S/C7H14BrNO/c1-9-5-10-7-4-2-3-6(7)8/h6-7,9H,2-5H2,1H3. The molecule has 2 atom stereocenters. The minimum Gasteiger partial charge on any atom is -0.362 e. The Hall–Kier alpha value is 0.400. The number of ether oxygens (including phenoxy) is 1. The summed E-state index contributed by atoms with van der Waals surface area (Å²) in [7, 11) is 1.90. The number of nitrogens with one attached hydrogen (secondary N) is 1. The minimum atomic E-state index is 0.437. The molecule has 0 amide bonds. The normalized spacial score (nSPS) is 33.0. The summed E-state index contributed by atoms with van der Waals surface area (Å²) in [4.78, 5) is 0.584. The van der Waals surface area contributed by atoms with Gasteiger partial charge in [0.1, 0.15) is 0 Å². The molecule has 1 fully saturated rings. The van der Waals surface area contributed by atoms with Crippen molar-refractivity contribution < 1.29 is 4.74 Å². The molecule has 0 radical (unpaired) electrons. The fourth-order valence-electron chi connectivity index (χ4n) is 1.26. The summed E-state index contributed by atoms with van der Waals surface area (Å²) in [5.74, 6) is 0. The first-order valence-corrected chi connectivity index (χ1v) is 4.66. The lowest BCUT2D eigenvalue weighted by atomic mass is 10.3. The van der Waals surface area contributed by atoms with Crippen LogP contribution in [0.25, 0.3) is 0 Å². The molecule has 0 aromatic heterocycles. The lowest BCUT2D eigenvalue weighted by Crippen LogP contribution is -2.23. The molecule has 0 aliphatic heterocycles. The van der Waals surface area contributed by atoms with Gasteiger partial charge in [0.2, 0.25) is 0 Å². The van der Waals surface area contributed by atoms with E-state index in [1.165, 1.54) is 19.3 Å². The van der Waals surface area contributed by atoms with Crippen molar-refractivity contribution in [1.29, 1.82) is 0 Å². The molecule has 1 aliphatic rings. The fraction of sp³-hybridized carbons (Fsp3) is 1.00. The van der Waals surface area contributed by atoms with Gasteiger partial charge in [0.05, 0.1) is 12.8 Å². The topological polar surface area (TPSA) is 21.3 Å². The summed E-state index contributed by atoms with van der Waals surface area (Å²) in [5.41, 5.74) is 0. The second-order valence-electron chi connectivity index (χ2n) is 2.65. The zero-order valence-corrected chi connectivity index (χ0v) is 7.86. The Kier molecular flexibility index (Phi) is 3.66. The van der Waals surface area contributed by atoms with Crippen LogP contribution in [-0.2, 0) is 4.74 Å². The molecule has 0 aromatic rings. The lowest BCUT2D eigenvalue weighted by molar-refractivity contribution is 0.0532. The van der Waals surface area contributed by atoms with E-state index in [1.807, 2.05) is 7.05 Å². The molecule has 2 nitrogen and oxygen atoms in total. The Morgan fingerprint density at radius 2 is 2.40 bits per heavy atom. The zero-order chi connectivity index (χ0) is 7.40. The van der Waals surface area contributed by atoms with E-state index in [-0.39, 0.29) is 0 Å². The summed E-state index contributed by atoms with van der Waals surface area (Å²) in [6.07, 6.45) is 4.20. The Balaban J connectivity index is 2.14. The molecule has 3 heteroatoms. The van der Waals surface area contributed by atoms with Crippen molar-refractivity contribution in [2.75, 3.05) is 13.8 Å². The van der Waals surface area contributed by atoms with Crippen LogP contribution in [0, 0.1) is 0 Å². The molecule has 1 saturated carbocycles. The molecule has 10 heavy (non-hydrogen) atoms. The van der Waals surface area contributed by atoms with Gasteiger partial charge in [-0.15, -0.1) is 0 Å². The van der Waals surface area contributed by atoms with Crippen molar-refractivity contribution in [2.24, 2.45) is 0 Å². The van der Waals surface area contributed by atoms with Crippen molar-refractivity contribution in [2.45, 2.75) is 30.2 Å². The van der Waals surface area contributed by atoms with Crippen LogP contribution in [-0.4, -0.2) is 24.7 Å². The van der Waals surface area contributed by atoms with Gasteiger partial charge >= 0.3 is 0 Å². The number of hydrogen-bond donors (Lipinski definition) is 1. The Labute approximate surface area is 70.5 Å². The molecular weight excluding hydrogens is 194 g/mol. The molecule has 2 unspecified atom stereocenters. The van der Waals surface area contributed by atoms with Gasteiger partial charge in [0.15, 0.2) is 0 Å². The lowest BCUT2D eigenvalue weighted by Gasteiger charge is -2.14. The summed E-state index contributed by atoms with van der Waals surface area (Å²) in [5, 5.41) is 2.97. The maximum Gasteiger partial charge on any atom is 0.0967 e. The van der Waals surface area contributed by atoms with Gasteiger partial charge in [-0.1, -0.05) is 15.9 Å². The van der Waals surface area contributed by atoms with Crippen LogP contribution in [0.5, 0.6) is 0 Å². The number of hydrogen-bond acceptors (Lipinski definition) is 2. The van der Waals surface area contributed by atoms with Gasteiger partial charge < -0.3 is 4.74 Å². The van der Waals surface area contributed by atoms with Crippen LogP contribution < -0.4 is 5.32 Å². The SMILES string of the molecule is CNCOC1CCCC1Br. The van der Waals surface area contributed by atoms with E-state index in [0.29, 0.717) is 17.7 Å². The molecule has 0 spiro atoms. The van der Waals surface area contributed by atoms with Gasteiger partial charge in [0.25, 0.3) is 0 Å². The molecular formula is C7H14BrNO. The van der Waals surface area contributed by atoms with Crippen LogP contribution in [0.2, 0.25) is 0 Å². The van der Waals surface area contributed by atoms with Gasteiger partial charge in [-0.3, -0.25) is 5.32 Å². The Bertz CT molecular complexity index is 99.6. The highest BCUT2D eigenvalue weighted by Crippen LogP contribution is 2.27. The first kappa shape index (κ1) is 8.50. The van der Waals surface area contributed by atoms with Crippen molar-refractivity contribution in [3.8, 4) is 0 Å². The third kappa shape index (κ3) is 2.22. The third-order valence-electron chi connectivity index (χ3n) is 1.81. The number of alkyl halides is 1. The molecule has 0 heterocycles. The van der Waals surface area contributed by atoms with E-state index < -0.39 is 0 Å². The summed E-state index contributed by atoms with van der Waals surface area (Å²) in [6, 6.07) is 0. The molecule has 1 aliphatic carbocycles. The molecule has 0 aromatic carbocycles. The quantitative estimate of drug-likeness (QED) is 0.560. The van der Waals surface area contributed by atoms with Crippen molar-refractivity contribution in [3.63, 3.8) is 0 Å². The van der Waals surface area contributed by atoms with Crippen LogP contribution in [0.3, 0.4) is 0 Å². The highest BCUT2D eigenvalue weighted by atomic mass is 79.9. The third-order valence-corrected chi connectivity index (χ3v) is 2.86. The van der Waals surface area contributed by atoms with Crippen LogP contribution >= 0.6 is 15.9 Å². The predicted octanol–water partition coefficient (Wildman–Crippen LogP) is 1.50. The van der Waals surface area contributed by atoms with Crippen LogP contribution in [0.15, 0.2) is 0 Å². The molecule has 60 valence electrons. The first-order chi connectivity index (χ1) is 4.84. The van der Waals surface area contributed by atoms with Gasteiger partial charge in [-0.05, 0) is 26.3 Å². The van der Waals surface area contributed by atoms with Crippen molar-refractivity contribution >= 4 is 15.9 Å². The molecule has 1 rings (SSSR count). The van der Waals surface area contributed by atoms with E-state index in [1.54, 1.807) is 0 Å². The second kappa shape index (κ2) is 4.31. The largest absolute Gasteiger partial charge is 0.362 e. The average molecular weight is 208 g/mol. The highest BCUT2D eigenvalue weighted by Gasteiger charge is 2.24. The second-order valence-corrected chi connectivity index (χ2v) is 3.83. The number of rotatable bonds is 3. The van der Waals surface area contributed by atoms with Gasteiger partial charge in [-0.2, -0.15) is 0 Å². The zero-order valence-electron chi connectivity index (χ0n) is 6.27. The summed E-state index contributed by atoms with van der Waals surface area (Å²) < 4.78 is 5.51. The number of halogens is 1. The Morgan fingerprint density at radius 1 is 1.60 bits per heavy atom. The molecule has 1 N–H and O–H groups in total. The monoisotopic (exact) mass is 207 g/mol.